The SMILES string of the molecule is CCc1cnccc1C(NC)c1cc(F)ccc1C. The largest absolute Gasteiger partial charge is 0.309 e. The summed E-state index contributed by atoms with van der Waals surface area (Å²) in [7, 11) is 1.90. The normalized spacial score (nSPS) is 12.4. The second-order valence-electron chi connectivity index (χ2n) is 4.65. The van der Waals surface area contributed by atoms with E-state index in [1.54, 1.807) is 12.3 Å². The Labute approximate surface area is 113 Å². The summed E-state index contributed by atoms with van der Waals surface area (Å²) < 4.78 is 13.5. The van der Waals surface area contributed by atoms with Crippen LogP contribution in [0.1, 0.15) is 35.2 Å². The van der Waals surface area contributed by atoms with Gasteiger partial charge in [-0.3, -0.25) is 4.98 Å². The summed E-state index contributed by atoms with van der Waals surface area (Å²) in [5.74, 6) is -0.201. The zero-order valence-electron chi connectivity index (χ0n) is 11.6. The Bertz CT molecular complexity index is 566. The number of halogens is 1. The van der Waals surface area contributed by atoms with Crippen LogP contribution in [-0.4, -0.2) is 12.0 Å². The van der Waals surface area contributed by atoms with E-state index in [9.17, 15) is 4.39 Å². The number of aryl methyl sites for hydroxylation is 2. The van der Waals surface area contributed by atoms with E-state index in [0.717, 1.165) is 23.1 Å². The van der Waals surface area contributed by atoms with Gasteiger partial charge in [-0.1, -0.05) is 13.0 Å². The van der Waals surface area contributed by atoms with Crippen LogP contribution in [-0.2, 0) is 6.42 Å². The molecule has 2 nitrogen and oxygen atoms in total. The summed E-state index contributed by atoms with van der Waals surface area (Å²) in [6, 6.07) is 6.93. The van der Waals surface area contributed by atoms with Crippen LogP contribution in [0.2, 0.25) is 0 Å². The first-order chi connectivity index (χ1) is 9.17. The van der Waals surface area contributed by atoms with Crippen molar-refractivity contribution in [3.8, 4) is 0 Å². The highest BCUT2D eigenvalue weighted by atomic mass is 19.1. The number of hydrogen-bond donors (Lipinski definition) is 1. The molecule has 2 aromatic rings. The molecule has 0 aliphatic heterocycles. The third-order valence-electron chi connectivity index (χ3n) is 3.47. The predicted molar refractivity (Wildman–Crippen MR) is 75.7 cm³/mol. The molecular weight excluding hydrogens is 239 g/mol. The van der Waals surface area contributed by atoms with Crippen molar-refractivity contribution < 1.29 is 4.39 Å². The molecule has 0 bridgehead atoms. The van der Waals surface area contributed by atoms with Gasteiger partial charge >= 0.3 is 0 Å². The minimum atomic E-state index is -0.201. The van der Waals surface area contributed by atoms with Crippen LogP contribution in [0.15, 0.2) is 36.7 Å². The van der Waals surface area contributed by atoms with Crippen molar-refractivity contribution in [1.29, 1.82) is 0 Å². The topological polar surface area (TPSA) is 24.9 Å². The van der Waals surface area contributed by atoms with Crippen molar-refractivity contribution in [2.45, 2.75) is 26.3 Å². The highest BCUT2D eigenvalue weighted by Gasteiger charge is 2.17. The van der Waals surface area contributed by atoms with Crippen LogP contribution >= 0.6 is 0 Å². The van der Waals surface area contributed by atoms with Gasteiger partial charge in [0.1, 0.15) is 5.82 Å². The van der Waals surface area contributed by atoms with Crippen molar-refractivity contribution in [1.82, 2.24) is 10.3 Å². The lowest BCUT2D eigenvalue weighted by Crippen LogP contribution is -2.20. The van der Waals surface area contributed by atoms with Crippen LogP contribution in [0.3, 0.4) is 0 Å². The number of pyridine rings is 1. The average molecular weight is 258 g/mol. The summed E-state index contributed by atoms with van der Waals surface area (Å²) in [6.45, 7) is 4.11. The number of nitrogens with one attached hydrogen (secondary N) is 1. The maximum absolute atomic E-state index is 13.5. The first kappa shape index (κ1) is 13.7. The number of benzene rings is 1. The minimum absolute atomic E-state index is 0.00588. The maximum atomic E-state index is 13.5. The Morgan fingerprint density at radius 2 is 2.05 bits per heavy atom. The Kier molecular flexibility index (Phi) is 4.27. The predicted octanol–water partition coefficient (Wildman–Crippen LogP) is 3.40. The molecule has 3 heteroatoms. The molecule has 1 atom stereocenters. The van der Waals surface area contributed by atoms with Crippen molar-refractivity contribution in [2.75, 3.05) is 7.05 Å². The Hall–Kier alpha value is -1.74. The van der Waals surface area contributed by atoms with Gasteiger partial charge in [-0.05, 0) is 60.8 Å². The van der Waals surface area contributed by atoms with Crippen LogP contribution < -0.4 is 5.32 Å². The van der Waals surface area contributed by atoms with Gasteiger partial charge in [0.2, 0.25) is 0 Å². The van der Waals surface area contributed by atoms with Crippen LogP contribution in [0.4, 0.5) is 4.39 Å². The molecule has 0 fully saturated rings. The highest BCUT2D eigenvalue weighted by molar-refractivity contribution is 5.39. The van der Waals surface area contributed by atoms with Crippen molar-refractivity contribution in [2.24, 2.45) is 0 Å². The first-order valence-electron chi connectivity index (χ1n) is 6.53. The van der Waals surface area contributed by atoms with Crippen molar-refractivity contribution in [3.63, 3.8) is 0 Å². The van der Waals surface area contributed by atoms with Gasteiger partial charge in [0.15, 0.2) is 0 Å². The van der Waals surface area contributed by atoms with E-state index in [1.807, 2.05) is 32.3 Å². The summed E-state index contributed by atoms with van der Waals surface area (Å²) in [5, 5.41) is 3.28. The monoisotopic (exact) mass is 258 g/mol. The summed E-state index contributed by atoms with van der Waals surface area (Å²) in [5.41, 5.74) is 4.40. The van der Waals surface area contributed by atoms with Gasteiger partial charge in [0, 0.05) is 12.4 Å². The summed E-state index contributed by atoms with van der Waals surface area (Å²) in [4.78, 5) is 4.16. The van der Waals surface area contributed by atoms with Gasteiger partial charge in [-0.15, -0.1) is 0 Å². The zero-order valence-corrected chi connectivity index (χ0v) is 11.6. The summed E-state index contributed by atoms with van der Waals surface area (Å²) in [6.07, 6.45) is 4.58. The molecule has 0 amide bonds. The van der Waals surface area contributed by atoms with Gasteiger partial charge in [-0.2, -0.15) is 0 Å². The van der Waals surface area contributed by atoms with Gasteiger partial charge < -0.3 is 5.32 Å². The molecule has 1 N–H and O–H groups in total. The fourth-order valence-electron chi connectivity index (χ4n) is 2.42. The average Bonchev–Trinajstić information content (AvgIpc) is 2.44. The second-order valence-corrected chi connectivity index (χ2v) is 4.65. The molecule has 0 saturated heterocycles. The molecule has 0 saturated carbocycles. The quantitative estimate of drug-likeness (QED) is 0.909. The molecule has 1 unspecified atom stereocenters. The molecule has 0 aliphatic carbocycles. The third-order valence-corrected chi connectivity index (χ3v) is 3.47. The zero-order chi connectivity index (χ0) is 13.8. The number of aromatic nitrogens is 1. The second kappa shape index (κ2) is 5.93. The Morgan fingerprint density at radius 3 is 2.74 bits per heavy atom. The molecule has 19 heavy (non-hydrogen) atoms. The highest BCUT2D eigenvalue weighted by Crippen LogP contribution is 2.27. The van der Waals surface area contributed by atoms with Gasteiger partial charge in [0.25, 0.3) is 0 Å². The van der Waals surface area contributed by atoms with Crippen molar-refractivity contribution >= 4 is 0 Å². The smallest absolute Gasteiger partial charge is 0.123 e. The molecule has 1 aromatic carbocycles. The fraction of sp³-hybridized carbons (Fsp3) is 0.312. The third kappa shape index (κ3) is 2.82. The van der Waals surface area contributed by atoms with E-state index < -0.39 is 0 Å². The number of hydrogen-bond acceptors (Lipinski definition) is 2. The Morgan fingerprint density at radius 1 is 1.26 bits per heavy atom. The van der Waals surface area contributed by atoms with Crippen LogP contribution in [0, 0.1) is 12.7 Å². The lowest BCUT2D eigenvalue weighted by atomic mass is 9.92. The fourth-order valence-corrected chi connectivity index (χ4v) is 2.42. The van der Waals surface area contributed by atoms with Crippen LogP contribution in [0.5, 0.6) is 0 Å². The van der Waals surface area contributed by atoms with Gasteiger partial charge in [0.05, 0.1) is 6.04 Å². The molecule has 2 rings (SSSR count). The van der Waals surface area contributed by atoms with E-state index in [4.69, 9.17) is 0 Å². The van der Waals surface area contributed by atoms with Crippen LogP contribution in [0.25, 0.3) is 0 Å². The molecule has 0 aliphatic rings. The number of rotatable bonds is 4. The first-order valence-corrected chi connectivity index (χ1v) is 6.53. The van der Waals surface area contributed by atoms with E-state index in [-0.39, 0.29) is 11.9 Å². The standard InChI is InChI=1S/C16H19FN2/c1-4-12-10-19-8-7-14(12)16(18-3)15-9-13(17)6-5-11(15)2/h5-10,16,18H,4H2,1-3H3. The maximum Gasteiger partial charge on any atom is 0.123 e. The van der Waals surface area contributed by atoms with E-state index in [2.05, 4.69) is 17.2 Å². The Balaban J connectivity index is 2.53. The lowest BCUT2D eigenvalue weighted by Gasteiger charge is -2.21. The summed E-state index contributed by atoms with van der Waals surface area (Å²) >= 11 is 0. The lowest BCUT2D eigenvalue weighted by molar-refractivity contribution is 0.614. The minimum Gasteiger partial charge on any atom is -0.309 e. The molecule has 0 radical (unpaired) electrons. The van der Waals surface area contributed by atoms with Crippen molar-refractivity contribution in [3.05, 3.63) is 64.7 Å². The van der Waals surface area contributed by atoms with Gasteiger partial charge in [-0.25, -0.2) is 4.39 Å². The van der Waals surface area contributed by atoms with E-state index in [1.165, 1.54) is 11.6 Å². The van der Waals surface area contributed by atoms with E-state index >= 15 is 0 Å². The number of nitrogens with zero attached hydrogens (tertiary/aromatic N) is 1. The molecule has 0 spiro atoms. The molecule has 100 valence electrons. The molecular formula is C16H19FN2. The van der Waals surface area contributed by atoms with E-state index in [0.29, 0.717) is 0 Å². The molecule has 1 heterocycles. The molecule has 1 aromatic heterocycles.